The molecule has 1 heterocycles. The average Bonchev–Trinajstić information content (AvgIpc) is 2.29. The Kier molecular flexibility index (Phi) is 4.15. The maximum Gasteiger partial charge on any atom is 0.0765 e. The zero-order chi connectivity index (χ0) is 12.4. The highest BCUT2D eigenvalue weighted by atomic mass is 35.5. The average molecular weight is 276 g/mol. The monoisotopic (exact) mass is 275 g/mol. The van der Waals surface area contributed by atoms with Crippen LogP contribution in [0.3, 0.4) is 0 Å². The van der Waals surface area contributed by atoms with Crippen molar-refractivity contribution in [3.63, 3.8) is 0 Å². The molecular formula is C12H15Cl2NO2. The summed E-state index contributed by atoms with van der Waals surface area (Å²) in [5.74, 6) is -0.0303. The number of aliphatic hydroxyl groups is 2. The number of hydrogen-bond acceptors (Lipinski definition) is 3. The lowest BCUT2D eigenvalue weighted by molar-refractivity contribution is 0.0548. The van der Waals surface area contributed by atoms with Gasteiger partial charge in [0.15, 0.2) is 0 Å². The molecule has 2 unspecified atom stereocenters. The molecule has 0 spiro atoms. The van der Waals surface area contributed by atoms with E-state index in [9.17, 15) is 5.11 Å². The van der Waals surface area contributed by atoms with Gasteiger partial charge in [-0.05, 0) is 24.6 Å². The highest BCUT2D eigenvalue weighted by Gasteiger charge is 2.27. The first kappa shape index (κ1) is 13.0. The van der Waals surface area contributed by atoms with Gasteiger partial charge in [0, 0.05) is 30.6 Å². The molecule has 1 aliphatic rings. The van der Waals surface area contributed by atoms with Gasteiger partial charge in [0.25, 0.3) is 0 Å². The molecule has 3 nitrogen and oxygen atoms in total. The fourth-order valence-electron chi connectivity index (χ4n) is 2.15. The van der Waals surface area contributed by atoms with Crippen molar-refractivity contribution in [1.29, 1.82) is 0 Å². The fraction of sp³-hybridized carbons (Fsp3) is 0.500. The van der Waals surface area contributed by atoms with Gasteiger partial charge in [0.1, 0.15) is 0 Å². The number of anilines is 1. The van der Waals surface area contributed by atoms with Crippen LogP contribution in [0.15, 0.2) is 18.2 Å². The minimum absolute atomic E-state index is 0.0303. The maximum absolute atomic E-state index is 9.88. The van der Waals surface area contributed by atoms with E-state index in [-0.39, 0.29) is 12.5 Å². The SMILES string of the molecule is OCC1CCN(c2ccc(Cl)cc2Cl)CC1O. The van der Waals surface area contributed by atoms with Gasteiger partial charge in [-0.15, -0.1) is 0 Å². The Morgan fingerprint density at radius 1 is 1.35 bits per heavy atom. The van der Waals surface area contributed by atoms with Crippen molar-refractivity contribution in [3.05, 3.63) is 28.2 Å². The van der Waals surface area contributed by atoms with E-state index in [0.29, 0.717) is 16.6 Å². The summed E-state index contributed by atoms with van der Waals surface area (Å²) in [6.07, 6.45) is 0.247. The Labute approximate surface area is 111 Å². The summed E-state index contributed by atoms with van der Waals surface area (Å²) < 4.78 is 0. The molecule has 0 aromatic heterocycles. The molecule has 17 heavy (non-hydrogen) atoms. The fourth-order valence-corrected chi connectivity index (χ4v) is 2.68. The zero-order valence-electron chi connectivity index (χ0n) is 9.31. The van der Waals surface area contributed by atoms with Crippen molar-refractivity contribution >= 4 is 28.9 Å². The normalized spacial score (nSPS) is 25.1. The Balaban J connectivity index is 2.14. The minimum Gasteiger partial charge on any atom is -0.396 e. The number of rotatable bonds is 2. The molecule has 2 atom stereocenters. The lowest BCUT2D eigenvalue weighted by atomic mass is 9.94. The summed E-state index contributed by atoms with van der Waals surface area (Å²) in [4.78, 5) is 2.02. The van der Waals surface area contributed by atoms with Crippen molar-refractivity contribution in [1.82, 2.24) is 0 Å². The lowest BCUT2D eigenvalue weighted by Gasteiger charge is -2.37. The summed E-state index contributed by atoms with van der Waals surface area (Å²) in [5.41, 5.74) is 0.881. The van der Waals surface area contributed by atoms with Crippen LogP contribution in [-0.4, -0.2) is 36.0 Å². The quantitative estimate of drug-likeness (QED) is 0.870. The number of hydrogen-bond donors (Lipinski definition) is 2. The number of aliphatic hydroxyl groups excluding tert-OH is 2. The van der Waals surface area contributed by atoms with Gasteiger partial charge in [0.05, 0.1) is 16.8 Å². The van der Waals surface area contributed by atoms with Gasteiger partial charge in [0.2, 0.25) is 0 Å². The number of benzene rings is 1. The van der Waals surface area contributed by atoms with E-state index in [1.54, 1.807) is 12.1 Å². The Bertz CT molecular complexity index is 400. The van der Waals surface area contributed by atoms with Gasteiger partial charge >= 0.3 is 0 Å². The van der Waals surface area contributed by atoms with E-state index in [1.165, 1.54) is 0 Å². The van der Waals surface area contributed by atoms with E-state index in [4.69, 9.17) is 28.3 Å². The molecule has 0 saturated carbocycles. The van der Waals surface area contributed by atoms with E-state index in [2.05, 4.69) is 0 Å². The van der Waals surface area contributed by atoms with Gasteiger partial charge in [-0.2, -0.15) is 0 Å². The molecule has 1 saturated heterocycles. The number of piperidine rings is 1. The van der Waals surface area contributed by atoms with Gasteiger partial charge in [-0.3, -0.25) is 0 Å². The van der Waals surface area contributed by atoms with Crippen LogP contribution in [0.1, 0.15) is 6.42 Å². The molecule has 0 bridgehead atoms. The molecule has 2 N–H and O–H groups in total. The van der Waals surface area contributed by atoms with Crippen LogP contribution in [0.5, 0.6) is 0 Å². The molecule has 0 radical (unpaired) electrons. The number of nitrogens with zero attached hydrogens (tertiary/aromatic N) is 1. The first-order chi connectivity index (χ1) is 8.11. The van der Waals surface area contributed by atoms with E-state index in [1.807, 2.05) is 11.0 Å². The third kappa shape index (κ3) is 2.86. The van der Waals surface area contributed by atoms with E-state index in [0.717, 1.165) is 18.7 Å². The Hall–Kier alpha value is -0.480. The third-order valence-electron chi connectivity index (χ3n) is 3.21. The molecule has 1 aromatic carbocycles. The predicted octanol–water partition coefficient (Wildman–Crippen LogP) is 2.17. The van der Waals surface area contributed by atoms with Crippen molar-refractivity contribution in [3.8, 4) is 0 Å². The molecule has 2 rings (SSSR count). The van der Waals surface area contributed by atoms with Crippen LogP contribution in [0.2, 0.25) is 10.0 Å². The summed E-state index contributed by atoms with van der Waals surface area (Å²) in [6, 6.07) is 5.34. The maximum atomic E-state index is 9.88. The molecule has 0 aliphatic carbocycles. The van der Waals surface area contributed by atoms with Crippen LogP contribution in [-0.2, 0) is 0 Å². The molecule has 0 amide bonds. The second-order valence-electron chi connectivity index (χ2n) is 4.34. The smallest absolute Gasteiger partial charge is 0.0765 e. The molecule has 94 valence electrons. The lowest BCUT2D eigenvalue weighted by Crippen LogP contribution is -2.45. The molecular weight excluding hydrogens is 261 g/mol. The summed E-state index contributed by atoms with van der Waals surface area (Å²) in [6.45, 7) is 1.31. The standard InChI is InChI=1S/C12H15Cl2NO2/c13-9-1-2-11(10(14)5-9)15-4-3-8(7-16)12(17)6-15/h1-2,5,8,12,16-17H,3-4,6-7H2. The topological polar surface area (TPSA) is 43.7 Å². The van der Waals surface area contributed by atoms with Gasteiger partial charge in [-0.1, -0.05) is 23.2 Å². The first-order valence-corrected chi connectivity index (χ1v) is 6.36. The van der Waals surface area contributed by atoms with E-state index < -0.39 is 6.10 Å². The van der Waals surface area contributed by atoms with Crippen LogP contribution in [0, 0.1) is 5.92 Å². The van der Waals surface area contributed by atoms with Crippen LogP contribution in [0.4, 0.5) is 5.69 Å². The zero-order valence-corrected chi connectivity index (χ0v) is 10.8. The molecule has 1 aromatic rings. The molecule has 1 aliphatic heterocycles. The minimum atomic E-state index is -0.513. The summed E-state index contributed by atoms with van der Waals surface area (Å²) in [5, 5.41) is 20.2. The molecule has 1 fully saturated rings. The Morgan fingerprint density at radius 2 is 2.12 bits per heavy atom. The molecule has 5 heteroatoms. The predicted molar refractivity (Wildman–Crippen MR) is 69.9 cm³/mol. The number of β-amino-alcohol motifs (C(OH)–C–C–N with tert-alkyl or cyclic N) is 1. The van der Waals surface area contributed by atoms with Crippen molar-refractivity contribution in [2.45, 2.75) is 12.5 Å². The largest absolute Gasteiger partial charge is 0.396 e. The Morgan fingerprint density at radius 3 is 2.71 bits per heavy atom. The van der Waals surface area contributed by atoms with Crippen LogP contribution in [0.25, 0.3) is 0 Å². The highest BCUT2D eigenvalue weighted by Crippen LogP contribution is 2.31. The van der Waals surface area contributed by atoms with Crippen molar-refractivity contribution < 1.29 is 10.2 Å². The van der Waals surface area contributed by atoms with Crippen LogP contribution < -0.4 is 4.90 Å². The van der Waals surface area contributed by atoms with E-state index >= 15 is 0 Å². The van der Waals surface area contributed by atoms with Crippen molar-refractivity contribution in [2.24, 2.45) is 5.92 Å². The first-order valence-electron chi connectivity index (χ1n) is 5.60. The summed E-state index contributed by atoms with van der Waals surface area (Å²) in [7, 11) is 0. The van der Waals surface area contributed by atoms with Gasteiger partial charge in [-0.25, -0.2) is 0 Å². The second-order valence-corrected chi connectivity index (χ2v) is 5.18. The van der Waals surface area contributed by atoms with Crippen molar-refractivity contribution in [2.75, 3.05) is 24.6 Å². The summed E-state index contributed by atoms with van der Waals surface area (Å²) >= 11 is 12.0. The number of halogens is 2. The second kappa shape index (κ2) is 5.44. The van der Waals surface area contributed by atoms with Crippen LogP contribution >= 0.6 is 23.2 Å². The van der Waals surface area contributed by atoms with Gasteiger partial charge < -0.3 is 15.1 Å². The third-order valence-corrected chi connectivity index (χ3v) is 3.74. The highest BCUT2D eigenvalue weighted by molar-refractivity contribution is 6.36.